The first-order valence-electron chi connectivity index (χ1n) is 7.35. The molecule has 0 aliphatic carbocycles. The van der Waals surface area contributed by atoms with Gasteiger partial charge >= 0.3 is 5.97 Å². The van der Waals surface area contributed by atoms with Gasteiger partial charge in [-0.05, 0) is 38.3 Å². The van der Waals surface area contributed by atoms with Gasteiger partial charge in [0.15, 0.2) is 17.7 Å². The lowest BCUT2D eigenvalue weighted by Crippen LogP contribution is -2.30. The SMILES string of the molecule is CCCC(Oc1c(F)cccc1CC(C)N)C(=O)OCC. The van der Waals surface area contributed by atoms with Crippen LogP contribution in [-0.4, -0.2) is 24.7 Å². The third-order valence-electron chi connectivity index (χ3n) is 2.95. The van der Waals surface area contributed by atoms with Crippen molar-refractivity contribution in [2.75, 3.05) is 6.61 Å². The normalized spacial score (nSPS) is 13.6. The van der Waals surface area contributed by atoms with Crippen molar-refractivity contribution in [2.24, 2.45) is 5.73 Å². The Balaban J connectivity index is 2.99. The zero-order chi connectivity index (χ0) is 15.8. The van der Waals surface area contributed by atoms with E-state index >= 15 is 0 Å². The number of hydrogen-bond acceptors (Lipinski definition) is 4. The van der Waals surface area contributed by atoms with E-state index in [-0.39, 0.29) is 18.4 Å². The molecule has 2 atom stereocenters. The van der Waals surface area contributed by atoms with Gasteiger partial charge in [-0.1, -0.05) is 25.5 Å². The lowest BCUT2D eigenvalue weighted by atomic mass is 10.1. The number of halogens is 1. The smallest absolute Gasteiger partial charge is 0.347 e. The number of benzene rings is 1. The number of ether oxygens (including phenoxy) is 2. The predicted molar refractivity (Wildman–Crippen MR) is 79.7 cm³/mol. The molecule has 4 nitrogen and oxygen atoms in total. The molecule has 0 heterocycles. The van der Waals surface area contributed by atoms with Crippen LogP contribution in [0.5, 0.6) is 5.75 Å². The summed E-state index contributed by atoms with van der Waals surface area (Å²) < 4.78 is 24.6. The van der Waals surface area contributed by atoms with Crippen LogP contribution >= 0.6 is 0 Å². The molecule has 0 saturated heterocycles. The molecule has 1 aromatic carbocycles. The molecule has 118 valence electrons. The lowest BCUT2D eigenvalue weighted by Gasteiger charge is -2.20. The van der Waals surface area contributed by atoms with E-state index in [1.165, 1.54) is 6.07 Å². The number of carbonyl (C=O) groups is 1. The van der Waals surface area contributed by atoms with Crippen LogP contribution in [0, 0.1) is 5.82 Å². The molecule has 0 aliphatic heterocycles. The van der Waals surface area contributed by atoms with Crippen molar-refractivity contribution in [1.82, 2.24) is 0 Å². The first-order chi connectivity index (χ1) is 9.99. The molecule has 0 radical (unpaired) electrons. The molecule has 5 heteroatoms. The van der Waals surface area contributed by atoms with Crippen molar-refractivity contribution >= 4 is 5.97 Å². The van der Waals surface area contributed by atoms with E-state index in [4.69, 9.17) is 15.2 Å². The van der Waals surface area contributed by atoms with Crippen LogP contribution in [0.3, 0.4) is 0 Å². The van der Waals surface area contributed by atoms with E-state index < -0.39 is 17.9 Å². The summed E-state index contributed by atoms with van der Waals surface area (Å²) in [4.78, 5) is 11.9. The lowest BCUT2D eigenvalue weighted by molar-refractivity contribution is -0.151. The van der Waals surface area contributed by atoms with Gasteiger partial charge in [0.1, 0.15) is 0 Å². The van der Waals surface area contributed by atoms with Crippen LogP contribution < -0.4 is 10.5 Å². The second kappa shape index (κ2) is 8.62. The maximum absolute atomic E-state index is 14.0. The fourth-order valence-electron chi connectivity index (χ4n) is 2.06. The van der Waals surface area contributed by atoms with Gasteiger partial charge in [-0.3, -0.25) is 0 Å². The molecule has 0 bridgehead atoms. The average molecular weight is 297 g/mol. The molecule has 21 heavy (non-hydrogen) atoms. The van der Waals surface area contributed by atoms with E-state index in [0.29, 0.717) is 18.4 Å². The van der Waals surface area contributed by atoms with Gasteiger partial charge in [0.2, 0.25) is 0 Å². The third-order valence-corrected chi connectivity index (χ3v) is 2.95. The summed E-state index contributed by atoms with van der Waals surface area (Å²) in [5, 5.41) is 0. The predicted octanol–water partition coefficient (Wildman–Crippen LogP) is 2.83. The van der Waals surface area contributed by atoms with E-state index in [2.05, 4.69) is 0 Å². The van der Waals surface area contributed by atoms with Crippen molar-refractivity contribution < 1.29 is 18.7 Å². The average Bonchev–Trinajstić information content (AvgIpc) is 2.41. The molecule has 2 N–H and O–H groups in total. The van der Waals surface area contributed by atoms with Gasteiger partial charge in [-0.25, -0.2) is 9.18 Å². The van der Waals surface area contributed by atoms with Gasteiger partial charge in [-0.2, -0.15) is 0 Å². The van der Waals surface area contributed by atoms with Crippen molar-refractivity contribution in [3.8, 4) is 5.75 Å². The van der Waals surface area contributed by atoms with Crippen molar-refractivity contribution in [3.63, 3.8) is 0 Å². The fraction of sp³-hybridized carbons (Fsp3) is 0.562. The topological polar surface area (TPSA) is 61.5 Å². The largest absolute Gasteiger partial charge is 0.475 e. The number of hydrogen-bond donors (Lipinski definition) is 1. The maximum atomic E-state index is 14.0. The summed E-state index contributed by atoms with van der Waals surface area (Å²) in [6.07, 6.45) is 0.902. The second-order valence-electron chi connectivity index (χ2n) is 5.06. The number of carbonyl (C=O) groups excluding carboxylic acids is 1. The zero-order valence-electron chi connectivity index (χ0n) is 12.9. The molecular formula is C16H24FNO3. The number of rotatable bonds is 8. The Hall–Kier alpha value is -1.62. The molecular weight excluding hydrogens is 273 g/mol. The van der Waals surface area contributed by atoms with Crippen LogP contribution in [-0.2, 0) is 16.0 Å². The highest BCUT2D eigenvalue weighted by molar-refractivity contribution is 5.75. The summed E-state index contributed by atoms with van der Waals surface area (Å²) in [5.74, 6) is -0.853. The Kier molecular flexibility index (Phi) is 7.15. The molecule has 1 rings (SSSR count). The summed E-state index contributed by atoms with van der Waals surface area (Å²) >= 11 is 0. The number of para-hydroxylation sites is 1. The van der Waals surface area contributed by atoms with Gasteiger partial charge in [-0.15, -0.1) is 0 Å². The summed E-state index contributed by atoms with van der Waals surface area (Å²) in [6.45, 7) is 5.77. The maximum Gasteiger partial charge on any atom is 0.347 e. The van der Waals surface area contributed by atoms with Gasteiger partial charge < -0.3 is 15.2 Å². The molecule has 0 amide bonds. The zero-order valence-corrected chi connectivity index (χ0v) is 12.9. The molecule has 2 unspecified atom stereocenters. The van der Waals surface area contributed by atoms with Gasteiger partial charge in [0.25, 0.3) is 0 Å². The van der Waals surface area contributed by atoms with Crippen molar-refractivity contribution in [3.05, 3.63) is 29.6 Å². The monoisotopic (exact) mass is 297 g/mol. The minimum Gasteiger partial charge on any atom is -0.475 e. The van der Waals surface area contributed by atoms with Crippen LogP contribution in [0.25, 0.3) is 0 Å². The van der Waals surface area contributed by atoms with Crippen molar-refractivity contribution in [1.29, 1.82) is 0 Å². The third kappa shape index (κ3) is 5.34. The minimum atomic E-state index is -0.793. The number of esters is 1. The highest BCUT2D eigenvalue weighted by Crippen LogP contribution is 2.26. The minimum absolute atomic E-state index is 0.0984. The first kappa shape index (κ1) is 17.4. The van der Waals surface area contributed by atoms with E-state index in [0.717, 1.165) is 6.42 Å². The molecule has 0 fully saturated rings. The Morgan fingerprint density at radius 3 is 2.67 bits per heavy atom. The Labute approximate surface area is 125 Å². The van der Waals surface area contributed by atoms with Gasteiger partial charge in [0, 0.05) is 6.04 Å². The molecule has 0 aromatic heterocycles. The van der Waals surface area contributed by atoms with Crippen molar-refractivity contribution in [2.45, 2.75) is 52.2 Å². The molecule has 0 saturated carbocycles. The molecule has 0 aliphatic rings. The highest BCUT2D eigenvalue weighted by Gasteiger charge is 2.24. The van der Waals surface area contributed by atoms with Crippen LogP contribution in [0.2, 0.25) is 0 Å². The summed E-state index contributed by atoms with van der Waals surface area (Å²) in [6, 6.07) is 4.56. The van der Waals surface area contributed by atoms with E-state index in [9.17, 15) is 9.18 Å². The Morgan fingerprint density at radius 2 is 2.10 bits per heavy atom. The van der Waals surface area contributed by atoms with Crippen LogP contribution in [0.1, 0.15) is 39.2 Å². The Morgan fingerprint density at radius 1 is 1.38 bits per heavy atom. The molecule has 0 spiro atoms. The second-order valence-corrected chi connectivity index (χ2v) is 5.06. The quantitative estimate of drug-likeness (QED) is 0.750. The van der Waals surface area contributed by atoms with Gasteiger partial charge in [0.05, 0.1) is 6.61 Å². The summed E-state index contributed by atoms with van der Waals surface area (Å²) in [7, 11) is 0. The molecule has 1 aromatic rings. The Bertz CT molecular complexity index is 463. The fourth-order valence-corrected chi connectivity index (χ4v) is 2.06. The van der Waals surface area contributed by atoms with Crippen LogP contribution in [0.4, 0.5) is 4.39 Å². The van der Waals surface area contributed by atoms with E-state index in [1.54, 1.807) is 19.1 Å². The van der Waals surface area contributed by atoms with E-state index in [1.807, 2.05) is 13.8 Å². The highest BCUT2D eigenvalue weighted by atomic mass is 19.1. The standard InChI is InChI=1S/C16H24FNO3/c1-4-7-14(16(19)20-5-2)21-15-12(10-11(3)18)8-6-9-13(15)17/h6,8-9,11,14H,4-5,7,10,18H2,1-3H3. The summed E-state index contributed by atoms with van der Waals surface area (Å²) in [5.41, 5.74) is 6.43. The first-order valence-corrected chi connectivity index (χ1v) is 7.35. The van der Waals surface area contributed by atoms with Crippen LogP contribution in [0.15, 0.2) is 18.2 Å². The number of nitrogens with two attached hydrogens (primary N) is 1.